The fourth-order valence-corrected chi connectivity index (χ4v) is 3.36. The summed E-state index contributed by atoms with van der Waals surface area (Å²) in [5.74, 6) is -0.797. The van der Waals surface area contributed by atoms with Gasteiger partial charge in [-0.2, -0.15) is 0 Å². The lowest BCUT2D eigenvalue weighted by Crippen LogP contribution is -2.31. The molecule has 31 heavy (non-hydrogen) atoms. The number of β-amino-alcohol motifs (C(OH)–C–C–N with tert-alkyl or cyclic N) is 1. The van der Waals surface area contributed by atoms with E-state index in [4.69, 9.17) is 14.2 Å². The van der Waals surface area contributed by atoms with Crippen molar-refractivity contribution in [1.82, 2.24) is 9.80 Å². The third-order valence-electron chi connectivity index (χ3n) is 4.99. The van der Waals surface area contributed by atoms with E-state index in [0.717, 1.165) is 0 Å². The molecule has 0 spiro atoms. The molecule has 0 saturated heterocycles. The van der Waals surface area contributed by atoms with Crippen molar-refractivity contribution in [2.75, 3.05) is 59.4 Å². The van der Waals surface area contributed by atoms with Crippen LogP contribution in [0, 0.1) is 0 Å². The second-order valence-corrected chi connectivity index (χ2v) is 6.66. The Morgan fingerprint density at radius 1 is 1.16 bits per heavy atom. The number of aliphatic hydroxyl groups is 1. The molecule has 2 N–H and O–H groups in total. The first-order valence-corrected chi connectivity index (χ1v) is 9.90. The predicted octanol–water partition coefficient (Wildman–Crippen LogP) is 0.859. The van der Waals surface area contributed by atoms with Gasteiger partial charge in [-0.1, -0.05) is 0 Å². The predicted molar refractivity (Wildman–Crippen MR) is 113 cm³/mol. The molecule has 2 rings (SSSR count). The topological polar surface area (TPSA) is 118 Å². The zero-order valence-electron chi connectivity index (χ0n) is 18.5. The fraction of sp³-hybridized carbons (Fsp3) is 0.476. The van der Waals surface area contributed by atoms with Crippen molar-refractivity contribution in [3.8, 4) is 11.5 Å². The summed E-state index contributed by atoms with van der Waals surface area (Å²) in [7, 11) is 4.09. The van der Waals surface area contributed by atoms with Gasteiger partial charge in [0.05, 0.1) is 45.7 Å². The Balaban J connectivity index is 2.57. The van der Waals surface area contributed by atoms with Gasteiger partial charge in [0.1, 0.15) is 5.70 Å². The Kier molecular flexibility index (Phi) is 8.26. The van der Waals surface area contributed by atoms with Gasteiger partial charge < -0.3 is 34.4 Å². The van der Waals surface area contributed by atoms with Gasteiger partial charge in [-0.05, 0) is 26.0 Å². The molecule has 2 amide bonds. The second-order valence-electron chi connectivity index (χ2n) is 6.66. The van der Waals surface area contributed by atoms with Crippen LogP contribution in [-0.2, 0) is 14.3 Å². The van der Waals surface area contributed by atoms with Crippen LogP contribution in [0.4, 0.5) is 5.69 Å². The van der Waals surface area contributed by atoms with E-state index in [0.29, 0.717) is 24.4 Å². The molecular weight excluding hydrogens is 406 g/mol. The van der Waals surface area contributed by atoms with E-state index in [1.165, 1.54) is 26.2 Å². The Labute approximate surface area is 181 Å². The fourth-order valence-electron chi connectivity index (χ4n) is 3.36. The molecule has 0 aliphatic carbocycles. The molecule has 0 fully saturated rings. The van der Waals surface area contributed by atoms with Crippen LogP contribution in [0.1, 0.15) is 24.2 Å². The molecule has 10 nitrogen and oxygen atoms in total. The first-order valence-electron chi connectivity index (χ1n) is 9.90. The molecule has 1 aromatic rings. The lowest BCUT2D eigenvalue weighted by Gasteiger charge is -2.21. The Morgan fingerprint density at radius 3 is 2.35 bits per heavy atom. The van der Waals surface area contributed by atoms with Crippen LogP contribution in [0.3, 0.4) is 0 Å². The summed E-state index contributed by atoms with van der Waals surface area (Å²) >= 11 is 0. The van der Waals surface area contributed by atoms with Crippen molar-refractivity contribution >= 4 is 23.5 Å². The number of anilines is 1. The maximum Gasteiger partial charge on any atom is 0.337 e. The average Bonchev–Trinajstić information content (AvgIpc) is 3.08. The van der Waals surface area contributed by atoms with Crippen LogP contribution in [0.5, 0.6) is 11.5 Å². The quantitative estimate of drug-likeness (QED) is 0.520. The number of nitrogens with one attached hydrogen (secondary N) is 1. The first kappa shape index (κ1) is 24.0. The zero-order valence-corrected chi connectivity index (χ0v) is 18.5. The van der Waals surface area contributed by atoms with Gasteiger partial charge in [0.25, 0.3) is 11.8 Å². The van der Waals surface area contributed by atoms with Crippen molar-refractivity contribution in [3.05, 3.63) is 29.0 Å². The van der Waals surface area contributed by atoms with Gasteiger partial charge in [-0.3, -0.25) is 9.59 Å². The lowest BCUT2D eigenvalue weighted by atomic mass is 10.1. The summed E-state index contributed by atoms with van der Waals surface area (Å²) in [6, 6.07) is 3.11. The molecule has 1 aromatic carbocycles. The van der Waals surface area contributed by atoms with Crippen LogP contribution in [0.2, 0.25) is 0 Å². The molecule has 10 heteroatoms. The maximum absolute atomic E-state index is 12.9. The number of methoxy groups -OCH3 is 3. The molecule has 0 atom stereocenters. The first-order chi connectivity index (χ1) is 14.9. The number of carbonyl (C=O) groups excluding carboxylic acids is 3. The minimum atomic E-state index is -0.669. The Hall–Kier alpha value is -3.27. The van der Waals surface area contributed by atoms with Gasteiger partial charge >= 0.3 is 5.97 Å². The number of ether oxygens (including phenoxy) is 3. The highest BCUT2D eigenvalue weighted by molar-refractivity contribution is 6.09. The van der Waals surface area contributed by atoms with Crippen molar-refractivity contribution < 1.29 is 33.7 Å². The van der Waals surface area contributed by atoms with Crippen molar-refractivity contribution in [2.24, 2.45) is 0 Å². The highest BCUT2D eigenvalue weighted by Gasteiger charge is 2.35. The summed E-state index contributed by atoms with van der Waals surface area (Å²) in [4.78, 5) is 41.0. The van der Waals surface area contributed by atoms with Crippen molar-refractivity contribution in [2.45, 2.75) is 13.8 Å². The number of aliphatic hydroxyl groups excluding tert-OH is 1. The maximum atomic E-state index is 12.9. The SMILES string of the molecule is CCN(CC)C(=O)c1cc(NC2=C(C(=O)OC)CN(CCO)C2=O)c(OC)c(OC)c1. The summed E-state index contributed by atoms with van der Waals surface area (Å²) in [6.07, 6.45) is 0. The number of amides is 2. The van der Waals surface area contributed by atoms with Crippen LogP contribution in [0.15, 0.2) is 23.4 Å². The largest absolute Gasteiger partial charge is 0.493 e. The summed E-state index contributed by atoms with van der Waals surface area (Å²) in [5.41, 5.74) is 0.727. The smallest absolute Gasteiger partial charge is 0.337 e. The van der Waals surface area contributed by atoms with Gasteiger partial charge in [-0.15, -0.1) is 0 Å². The van der Waals surface area contributed by atoms with Crippen LogP contribution >= 0.6 is 0 Å². The molecule has 1 aliphatic rings. The molecule has 0 bridgehead atoms. The van der Waals surface area contributed by atoms with Crippen LogP contribution in [0.25, 0.3) is 0 Å². The average molecular weight is 435 g/mol. The number of nitrogens with zero attached hydrogens (tertiary/aromatic N) is 2. The van der Waals surface area contributed by atoms with Gasteiger partial charge in [0.2, 0.25) is 0 Å². The monoisotopic (exact) mass is 435 g/mol. The second kappa shape index (κ2) is 10.7. The molecule has 0 unspecified atom stereocenters. The summed E-state index contributed by atoms with van der Waals surface area (Å²) in [6.45, 7) is 4.61. The molecule has 1 aliphatic heterocycles. The molecule has 0 saturated carbocycles. The number of hydrogen-bond acceptors (Lipinski definition) is 8. The molecule has 0 radical (unpaired) electrons. The normalized spacial score (nSPS) is 13.4. The summed E-state index contributed by atoms with van der Waals surface area (Å²) < 4.78 is 15.6. The highest BCUT2D eigenvalue weighted by Crippen LogP contribution is 2.38. The van der Waals surface area contributed by atoms with Gasteiger partial charge in [0.15, 0.2) is 11.5 Å². The van der Waals surface area contributed by atoms with E-state index in [-0.39, 0.29) is 48.3 Å². The van der Waals surface area contributed by atoms with Crippen molar-refractivity contribution in [1.29, 1.82) is 0 Å². The minimum Gasteiger partial charge on any atom is -0.493 e. The third kappa shape index (κ3) is 4.91. The van der Waals surface area contributed by atoms with E-state index in [9.17, 15) is 19.5 Å². The number of carbonyl (C=O) groups is 3. The third-order valence-corrected chi connectivity index (χ3v) is 4.99. The number of esters is 1. The highest BCUT2D eigenvalue weighted by atomic mass is 16.5. The van der Waals surface area contributed by atoms with Crippen LogP contribution in [-0.4, -0.2) is 86.8 Å². The molecule has 170 valence electrons. The Morgan fingerprint density at radius 2 is 1.84 bits per heavy atom. The standard InChI is InChI=1S/C21H29N3O7/c1-6-23(7-2)19(26)13-10-15(18(30-4)16(11-13)29-3)22-17-14(21(28)31-5)12-24(8-9-25)20(17)27/h10-11,22,25H,6-9,12H2,1-5H3. The van der Waals surface area contributed by atoms with Gasteiger partial charge in [-0.25, -0.2) is 4.79 Å². The van der Waals surface area contributed by atoms with E-state index < -0.39 is 11.9 Å². The lowest BCUT2D eigenvalue weighted by molar-refractivity contribution is -0.136. The van der Waals surface area contributed by atoms with E-state index in [1.807, 2.05) is 13.8 Å². The number of rotatable bonds is 10. The van der Waals surface area contributed by atoms with Crippen LogP contribution < -0.4 is 14.8 Å². The van der Waals surface area contributed by atoms with E-state index in [1.54, 1.807) is 17.0 Å². The van der Waals surface area contributed by atoms with Gasteiger partial charge in [0, 0.05) is 25.2 Å². The number of hydrogen-bond donors (Lipinski definition) is 2. The Bertz CT molecular complexity index is 878. The van der Waals surface area contributed by atoms with Crippen molar-refractivity contribution in [3.63, 3.8) is 0 Å². The van der Waals surface area contributed by atoms with E-state index in [2.05, 4.69) is 5.32 Å². The summed E-state index contributed by atoms with van der Waals surface area (Å²) in [5, 5.41) is 12.2. The van der Waals surface area contributed by atoms with E-state index >= 15 is 0 Å². The number of benzene rings is 1. The molecule has 0 aromatic heterocycles. The molecular formula is C21H29N3O7. The zero-order chi connectivity index (χ0) is 23.1. The molecule has 1 heterocycles. The minimum absolute atomic E-state index is 0.00640.